The Kier molecular flexibility index (Phi) is 5.06. The molecule has 1 aliphatic heterocycles. The van der Waals surface area contributed by atoms with Gasteiger partial charge in [-0.05, 0) is 55.4 Å². The summed E-state index contributed by atoms with van der Waals surface area (Å²) in [5.74, 6) is 0.556. The molecule has 0 saturated carbocycles. The summed E-state index contributed by atoms with van der Waals surface area (Å²) in [5.41, 5.74) is 2.89. The number of hydrogen-bond acceptors (Lipinski definition) is 5. The molecule has 3 rings (SSSR count). The number of aromatic nitrogens is 2. The van der Waals surface area contributed by atoms with Crippen LogP contribution in [-0.4, -0.2) is 45.9 Å². The molecule has 0 aromatic carbocycles. The van der Waals surface area contributed by atoms with Crippen LogP contribution in [0.15, 0.2) is 35.4 Å². The largest absolute Gasteiger partial charge is 0.383 e. The number of nitrogens with zero attached hydrogens (tertiary/aromatic N) is 3. The number of carbonyl (C=O) groups excluding carboxylic acids is 2. The predicted octanol–water partition coefficient (Wildman–Crippen LogP) is 3.17. The Hall–Kier alpha value is -2.38. The number of amides is 2. The average molecular weight is 357 g/mol. The Bertz CT molecular complexity index is 843. The molecular weight excluding hydrogens is 338 g/mol. The van der Waals surface area contributed by atoms with Crippen LogP contribution >= 0.6 is 11.8 Å². The number of ether oxygens (including phenoxy) is 1. The van der Waals surface area contributed by atoms with Gasteiger partial charge in [-0.1, -0.05) is 6.07 Å². The van der Waals surface area contributed by atoms with Crippen molar-refractivity contribution in [3.63, 3.8) is 0 Å². The maximum absolute atomic E-state index is 12.4. The van der Waals surface area contributed by atoms with Gasteiger partial charge >= 0.3 is 0 Å². The number of thioether (sulfide) groups is 1. The molecule has 0 N–H and O–H groups in total. The molecule has 1 fully saturated rings. The summed E-state index contributed by atoms with van der Waals surface area (Å²) in [4.78, 5) is 30.5. The first kappa shape index (κ1) is 17.4. The van der Waals surface area contributed by atoms with E-state index in [9.17, 15) is 9.59 Å². The van der Waals surface area contributed by atoms with Crippen LogP contribution in [0.4, 0.5) is 4.79 Å². The van der Waals surface area contributed by atoms with Crippen molar-refractivity contribution >= 4 is 29.0 Å². The summed E-state index contributed by atoms with van der Waals surface area (Å²) < 4.78 is 6.98. The second-order valence-electron chi connectivity index (χ2n) is 5.68. The monoisotopic (exact) mass is 357 g/mol. The fourth-order valence-electron chi connectivity index (χ4n) is 2.79. The summed E-state index contributed by atoms with van der Waals surface area (Å²) in [6.45, 7) is 4.57. The SMILES string of the molecule is COCCN1C(=O)S/C(=C/c2cc(C)n(-c3ccccn3)c2C)C1=O. The van der Waals surface area contributed by atoms with Crippen molar-refractivity contribution < 1.29 is 14.3 Å². The lowest BCUT2D eigenvalue weighted by Crippen LogP contribution is -2.31. The number of pyridine rings is 1. The van der Waals surface area contributed by atoms with E-state index in [1.54, 1.807) is 19.4 Å². The Morgan fingerprint density at radius 3 is 2.76 bits per heavy atom. The number of rotatable bonds is 5. The molecule has 1 aliphatic rings. The number of imide groups is 1. The van der Waals surface area contributed by atoms with Crippen LogP contribution in [-0.2, 0) is 9.53 Å². The highest BCUT2D eigenvalue weighted by Gasteiger charge is 2.34. The third kappa shape index (κ3) is 3.38. The normalized spacial score (nSPS) is 16.3. The van der Waals surface area contributed by atoms with Crippen molar-refractivity contribution in [1.82, 2.24) is 14.5 Å². The van der Waals surface area contributed by atoms with Crippen molar-refractivity contribution in [1.29, 1.82) is 0 Å². The van der Waals surface area contributed by atoms with Gasteiger partial charge in [0.25, 0.3) is 11.1 Å². The van der Waals surface area contributed by atoms with E-state index in [4.69, 9.17) is 4.74 Å². The second kappa shape index (κ2) is 7.25. The maximum Gasteiger partial charge on any atom is 0.293 e. The molecule has 7 heteroatoms. The third-order valence-corrected chi connectivity index (χ3v) is 4.94. The molecule has 0 bridgehead atoms. The molecule has 0 unspecified atom stereocenters. The lowest BCUT2D eigenvalue weighted by Gasteiger charge is -2.10. The summed E-state index contributed by atoms with van der Waals surface area (Å²) in [5, 5.41) is -0.258. The number of aryl methyl sites for hydroxylation is 1. The first-order valence-electron chi connectivity index (χ1n) is 7.87. The summed E-state index contributed by atoms with van der Waals surface area (Å²) in [6.07, 6.45) is 3.52. The van der Waals surface area contributed by atoms with E-state index < -0.39 is 0 Å². The Morgan fingerprint density at radius 1 is 1.28 bits per heavy atom. The molecule has 2 amide bonds. The Labute approximate surface area is 150 Å². The van der Waals surface area contributed by atoms with Crippen LogP contribution in [0.5, 0.6) is 0 Å². The molecule has 2 aromatic heterocycles. The molecule has 2 aromatic rings. The fourth-order valence-corrected chi connectivity index (χ4v) is 3.64. The number of carbonyl (C=O) groups is 2. The minimum Gasteiger partial charge on any atom is -0.383 e. The molecule has 0 spiro atoms. The maximum atomic E-state index is 12.4. The molecular formula is C18H19N3O3S. The van der Waals surface area contributed by atoms with Crippen LogP contribution in [0.1, 0.15) is 17.0 Å². The van der Waals surface area contributed by atoms with Gasteiger partial charge in [0.05, 0.1) is 18.1 Å². The van der Waals surface area contributed by atoms with Gasteiger partial charge in [0, 0.05) is 24.7 Å². The van der Waals surface area contributed by atoms with Crippen LogP contribution in [0, 0.1) is 13.8 Å². The lowest BCUT2D eigenvalue weighted by molar-refractivity contribution is -0.123. The predicted molar refractivity (Wildman–Crippen MR) is 97.6 cm³/mol. The summed E-state index contributed by atoms with van der Waals surface area (Å²) >= 11 is 0.965. The molecule has 3 heterocycles. The van der Waals surface area contributed by atoms with Gasteiger partial charge in [-0.15, -0.1) is 0 Å². The second-order valence-corrected chi connectivity index (χ2v) is 6.67. The van der Waals surface area contributed by atoms with E-state index in [1.165, 1.54) is 4.90 Å². The quantitative estimate of drug-likeness (QED) is 0.769. The van der Waals surface area contributed by atoms with E-state index in [0.717, 1.165) is 34.5 Å². The van der Waals surface area contributed by atoms with Gasteiger partial charge in [0.15, 0.2) is 0 Å². The van der Waals surface area contributed by atoms with Gasteiger partial charge in [-0.2, -0.15) is 0 Å². The standard InChI is InChI=1S/C18H19N3O3S/c1-12-10-14(13(2)21(12)16-6-4-5-7-19-16)11-15-17(22)20(8-9-24-3)18(23)25-15/h4-7,10-11H,8-9H2,1-3H3/b15-11+. The van der Waals surface area contributed by atoms with E-state index in [2.05, 4.69) is 4.98 Å². The highest BCUT2D eigenvalue weighted by molar-refractivity contribution is 8.18. The van der Waals surface area contributed by atoms with Crippen molar-refractivity contribution in [3.05, 3.63) is 52.3 Å². The Morgan fingerprint density at radius 2 is 2.08 bits per heavy atom. The minimum atomic E-state index is -0.269. The molecule has 0 atom stereocenters. The molecule has 130 valence electrons. The zero-order chi connectivity index (χ0) is 18.0. The number of methoxy groups -OCH3 is 1. The number of hydrogen-bond donors (Lipinski definition) is 0. The Balaban J connectivity index is 1.93. The van der Waals surface area contributed by atoms with E-state index in [1.807, 2.05) is 42.7 Å². The zero-order valence-corrected chi connectivity index (χ0v) is 15.2. The third-order valence-electron chi connectivity index (χ3n) is 4.03. The van der Waals surface area contributed by atoms with Crippen molar-refractivity contribution in [2.24, 2.45) is 0 Å². The lowest BCUT2D eigenvalue weighted by atomic mass is 10.2. The van der Waals surface area contributed by atoms with Gasteiger partial charge in [0.2, 0.25) is 0 Å². The van der Waals surface area contributed by atoms with E-state index in [0.29, 0.717) is 11.5 Å². The van der Waals surface area contributed by atoms with Crippen LogP contribution in [0.25, 0.3) is 11.9 Å². The fraction of sp³-hybridized carbons (Fsp3) is 0.278. The van der Waals surface area contributed by atoms with Crippen molar-refractivity contribution in [2.45, 2.75) is 13.8 Å². The molecule has 0 radical (unpaired) electrons. The highest BCUT2D eigenvalue weighted by Crippen LogP contribution is 2.33. The van der Waals surface area contributed by atoms with Crippen molar-refractivity contribution in [2.75, 3.05) is 20.3 Å². The van der Waals surface area contributed by atoms with Gasteiger partial charge in [-0.25, -0.2) is 4.98 Å². The summed E-state index contributed by atoms with van der Waals surface area (Å²) in [6, 6.07) is 7.73. The first-order valence-corrected chi connectivity index (χ1v) is 8.69. The van der Waals surface area contributed by atoms with Crippen LogP contribution in [0.3, 0.4) is 0 Å². The highest BCUT2D eigenvalue weighted by atomic mass is 32.2. The molecule has 25 heavy (non-hydrogen) atoms. The van der Waals surface area contributed by atoms with Gasteiger partial charge < -0.3 is 9.30 Å². The van der Waals surface area contributed by atoms with Gasteiger partial charge in [-0.3, -0.25) is 14.5 Å². The molecule has 6 nitrogen and oxygen atoms in total. The molecule has 1 saturated heterocycles. The van der Waals surface area contributed by atoms with Crippen LogP contribution in [0.2, 0.25) is 0 Å². The average Bonchev–Trinajstić information content (AvgIpc) is 3.03. The van der Waals surface area contributed by atoms with Crippen LogP contribution < -0.4 is 0 Å². The molecule has 0 aliphatic carbocycles. The summed E-state index contributed by atoms with van der Waals surface area (Å²) in [7, 11) is 1.54. The first-order chi connectivity index (χ1) is 12.0. The smallest absolute Gasteiger partial charge is 0.293 e. The van der Waals surface area contributed by atoms with Gasteiger partial charge in [0.1, 0.15) is 5.82 Å². The topological polar surface area (TPSA) is 64.4 Å². The minimum absolute atomic E-state index is 0.258. The van der Waals surface area contributed by atoms with E-state index in [-0.39, 0.29) is 17.7 Å². The van der Waals surface area contributed by atoms with E-state index >= 15 is 0 Å². The van der Waals surface area contributed by atoms with Crippen molar-refractivity contribution in [3.8, 4) is 5.82 Å². The zero-order valence-electron chi connectivity index (χ0n) is 14.4.